The van der Waals surface area contributed by atoms with E-state index in [2.05, 4.69) is 0 Å². The lowest BCUT2D eigenvalue weighted by Gasteiger charge is -2.16. The van der Waals surface area contributed by atoms with Crippen molar-refractivity contribution in [3.63, 3.8) is 0 Å². The molecule has 0 bridgehead atoms. The maximum atomic E-state index is 12.5. The molecule has 0 spiro atoms. The topological polar surface area (TPSA) is 44.5 Å². The van der Waals surface area contributed by atoms with E-state index >= 15 is 0 Å². The van der Waals surface area contributed by atoms with Gasteiger partial charge in [-0.2, -0.15) is 0 Å². The molecule has 0 fully saturated rings. The molecule has 0 radical (unpaired) electrons. The minimum Gasteiger partial charge on any atom is -0.490 e. The van der Waals surface area contributed by atoms with Gasteiger partial charge < -0.3 is 15.2 Å². The summed E-state index contributed by atoms with van der Waals surface area (Å²) in [5, 5.41) is 0. The van der Waals surface area contributed by atoms with Crippen LogP contribution in [-0.4, -0.2) is 13.0 Å². The summed E-state index contributed by atoms with van der Waals surface area (Å²) in [4.78, 5) is 0. The molecule has 3 nitrogen and oxygen atoms in total. The van der Waals surface area contributed by atoms with E-state index in [9.17, 15) is 8.78 Å². The molecule has 6 heteroatoms. The van der Waals surface area contributed by atoms with Crippen molar-refractivity contribution in [1.82, 2.24) is 0 Å². The fourth-order valence-electron chi connectivity index (χ4n) is 2.21. The van der Waals surface area contributed by atoms with Gasteiger partial charge in [-0.15, -0.1) is 12.4 Å². The molecule has 2 aromatic carbocycles. The zero-order valence-electron chi connectivity index (χ0n) is 13.5. The second kappa shape index (κ2) is 10.1. The van der Waals surface area contributed by atoms with Crippen LogP contribution in [0.4, 0.5) is 8.78 Å². The third kappa shape index (κ3) is 5.98. The van der Waals surface area contributed by atoms with E-state index in [4.69, 9.17) is 15.2 Å². The molecule has 2 N–H and O–H groups in total. The summed E-state index contributed by atoms with van der Waals surface area (Å²) in [6, 6.07) is 14.1. The van der Waals surface area contributed by atoms with Crippen LogP contribution >= 0.6 is 12.4 Å². The zero-order chi connectivity index (χ0) is 16.7. The highest BCUT2D eigenvalue weighted by molar-refractivity contribution is 5.85. The summed E-state index contributed by atoms with van der Waals surface area (Å²) in [6.07, 6.45) is -2.81. The number of benzene rings is 2. The number of halogens is 3. The number of hydrogen-bond donors (Lipinski definition) is 1. The fourth-order valence-corrected chi connectivity index (χ4v) is 2.21. The molecule has 0 heterocycles. The van der Waals surface area contributed by atoms with E-state index in [-0.39, 0.29) is 18.8 Å². The van der Waals surface area contributed by atoms with Gasteiger partial charge in [-0.05, 0) is 30.2 Å². The molecule has 0 aliphatic heterocycles. The van der Waals surface area contributed by atoms with Crippen LogP contribution in [0.1, 0.15) is 30.5 Å². The normalized spacial score (nSPS) is 11.7. The van der Waals surface area contributed by atoms with Gasteiger partial charge in [-0.25, -0.2) is 8.78 Å². The van der Waals surface area contributed by atoms with E-state index in [0.29, 0.717) is 30.3 Å². The average Bonchev–Trinajstić information content (AvgIpc) is 2.54. The predicted octanol–water partition coefficient (Wildman–Crippen LogP) is 4.74. The van der Waals surface area contributed by atoms with E-state index in [0.717, 1.165) is 5.56 Å². The predicted molar refractivity (Wildman–Crippen MR) is 93.2 cm³/mol. The molecule has 0 unspecified atom stereocenters. The Hall–Kier alpha value is -1.85. The number of nitrogens with two attached hydrogens (primary N) is 1. The van der Waals surface area contributed by atoms with Crippen molar-refractivity contribution >= 4 is 12.4 Å². The van der Waals surface area contributed by atoms with Crippen molar-refractivity contribution in [3.8, 4) is 11.5 Å². The quantitative estimate of drug-likeness (QED) is 0.742. The Balaban J connectivity index is 0.00000288. The largest absolute Gasteiger partial charge is 0.490 e. The Labute approximate surface area is 147 Å². The Morgan fingerprint density at radius 3 is 2.33 bits per heavy atom. The van der Waals surface area contributed by atoms with Crippen molar-refractivity contribution in [2.24, 2.45) is 5.73 Å². The standard InChI is InChI=1S/C18H21F2NO2.ClH/c1-2-22-17-10-14(15(21)11-18(19)20)8-9-16(17)23-12-13-6-4-3-5-7-13;/h3-10,15,18H,2,11-12,21H2,1H3;1H/t15-;/m0./s1. The number of ether oxygens (including phenoxy) is 2. The molecule has 0 amide bonds. The van der Waals surface area contributed by atoms with Crippen molar-refractivity contribution in [1.29, 1.82) is 0 Å². The molecule has 2 aromatic rings. The van der Waals surface area contributed by atoms with Gasteiger partial charge in [0.2, 0.25) is 6.43 Å². The third-order valence-corrected chi connectivity index (χ3v) is 3.37. The van der Waals surface area contributed by atoms with Gasteiger partial charge in [-0.3, -0.25) is 0 Å². The lowest BCUT2D eigenvalue weighted by Crippen LogP contribution is -2.14. The van der Waals surface area contributed by atoms with Crippen LogP contribution in [0, 0.1) is 0 Å². The molecule has 24 heavy (non-hydrogen) atoms. The highest BCUT2D eigenvalue weighted by atomic mass is 35.5. The van der Waals surface area contributed by atoms with Crippen LogP contribution < -0.4 is 15.2 Å². The summed E-state index contributed by atoms with van der Waals surface area (Å²) in [6.45, 7) is 2.71. The SMILES string of the molecule is CCOc1cc([C@@H](N)CC(F)F)ccc1OCc1ccccc1.Cl. The molecule has 2 rings (SSSR count). The Morgan fingerprint density at radius 2 is 1.71 bits per heavy atom. The minimum atomic E-state index is -2.44. The van der Waals surface area contributed by atoms with Crippen molar-refractivity contribution in [2.75, 3.05) is 6.61 Å². The fraction of sp³-hybridized carbons (Fsp3) is 0.333. The smallest absolute Gasteiger partial charge is 0.240 e. The minimum absolute atomic E-state index is 0. The Morgan fingerprint density at radius 1 is 1.00 bits per heavy atom. The summed E-state index contributed by atoms with van der Waals surface area (Å²) in [5.74, 6) is 1.09. The highest BCUT2D eigenvalue weighted by Crippen LogP contribution is 2.32. The molecule has 0 aliphatic carbocycles. The van der Waals surface area contributed by atoms with Crippen molar-refractivity contribution in [3.05, 3.63) is 59.7 Å². The van der Waals surface area contributed by atoms with Gasteiger partial charge in [-0.1, -0.05) is 36.4 Å². The van der Waals surface area contributed by atoms with Crippen molar-refractivity contribution in [2.45, 2.75) is 32.4 Å². The van der Waals surface area contributed by atoms with Gasteiger partial charge in [0.25, 0.3) is 0 Å². The molecule has 1 atom stereocenters. The maximum Gasteiger partial charge on any atom is 0.240 e. The second-order valence-electron chi connectivity index (χ2n) is 5.15. The maximum absolute atomic E-state index is 12.5. The van der Waals surface area contributed by atoms with Gasteiger partial charge in [0, 0.05) is 12.5 Å². The van der Waals surface area contributed by atoms with Gasteiger partial charge in [0.15, 0.2) is 11.5 Å². The summed E-state index contributed by atoms with van der Waals surface area (Å²) in [5.41, 5.74) is 7.45. The van der Waals surface area contributed by atoms with Crippen LogP contribution in [0.15, 0.2) is 48.5 Å². The highest BCUT2D eigenvalue weighted by Gasteiger charge is 2.15. The van der Waals surface area contributed by atoms with E-state index in [1.54, 1.807) is 18.2 Å². The van der Waals surface area contributed by atoms with Gasteiger partial charge in [0.1, 0.15) is 6.61 Å². The zero-order valence-corrected chi connectivity index (χ0v) is 14.3. The summed E-state index contributed by atoms with van der Waals surface area (Å²) in [7, 11) is 0. The van der Waals surface area contributed by atoms with E-state index < -0.39 is 12.5 Å². The molecular formula is C18H22ClF2NO2. The van der Waals surface area contributed by atoms with Gasteiger partial charge >= 0.3 is 0 Å². The lowest BCUT2D eigenvalue weighted by atomic mass is 10.0. The number of rotatable bonds is 8. The second-order valence-corrected chi connectivity index (χ2v) is 5.15. The average molecular weight is 358 g/mol. The first-order valence-corrected chi connectivity index (χ1v) is 7.57. The monoisotopic (exact) mass is 357 g/mol. The molecule has 0 saturated heterocycles. The Kier molecular flexibility index (Phi) is 8.50. The van der Waals surface area contributed by atoms with Crippen LogP contribution in [0.25, 0.3) is 0 Å². The molecular weight excluding hydrogens is 336 g/mol. The molecule has 132 valence electrons. The molecule has 0 aliphatic rings. The van der Waals surface area contributed by atoms with Crippen LogP contribution in [0.2, 0.25) is 0 Å². The van der Waals surface area contributed by atoms with E-state index in [1.165, 1.54) is 0 Å². The van der Waals surface area contributed by atoms with Crippen LogP contribution in [0.5, 0.6) is 11.5 Å². The first kappa shape index (κ1) is 20.2. The first-order valence-electron chi connectivity index (χ1n) is 7.57. The first-order chi connectivity index (χ1) is 11.1. The van der Waals surface area contributed by atoms with Gasteiger partial charge in [0.05, 0.1) is 6.61 Å². The number of hydrogen-bond acceptors (Lipinski definition) is 3. The van der Waals surface area contributed by atoms with Crippen molar-refractivity contribution < 1.29 is 18.3 Å². The molecule has 0 saturated carbocycles. The molecule has 0 aromatic heterocycles. The summed E-state index contributed by atoms with van der Waals surface area (Å²) >= 11 is 0. The summed E-state index contributed by atoms with van der Waals surface area (Å²) < 4.78 is 36.3. The Bertz CT molecular complexity index is 611. The van der Waals surface area contributed by atoms with Crippen LogP contribution in [-0.2, 0) is 6.61 Å². The van der Waals surface area contributed by atoms with E-state index in [1.807, 2.05) is 37.3 Å². The number of alkyl halides is 2. The lowest BCUT2D eigenvalue weighted by molar-refractivity contribution is 0.128. The third-order valence-electron chi connectivity index (χ3n) is 3.37. The van der Waals surface area contributed by atoms with Crippen LogP contribution in [0.3, 0.4) is 0 Å².